The minimum absolute atomic E-state index is 0.337. The van der Waals surface area contributed by atoms with Gasteiger partial charge in [-0.1, -0.05) is 24.6 Å². The first-order chi connectivity index (χ1) is 9.20. The summed E-state index contributed by atoms with van der Waals surface area (Å²) >= 11 is 10.4. The quantitative estimate of drug-likeness (QED) is 0.644. The molecule has 0 amide bonds. The Hall–Kier alpha value is -0.100. The van der Waals surface area contributed by atoms with Crippen LogP contribution in [0.1, 0.15) is 29.8 Å². The van der Waals surface area contributed by atoms with Crippen molar-refractivity contribution in [2.75, 3.05) is 6.54 Å². The van der Waals surface area contributed by atoms with Crippen molar-refractivity contribution in [1.29, 1.82) is 0 Å². The minimum Gasteiger partial charge on any atom is -0.310 e. The maximum absolute atomic E-state index is 6.15. The molecule has 0 saturated heterocycles. The average molecular weight is 406 g/mol. The zero-order chi connectivity index (χ0) is 13.7. The molecular formula is C15H17ClINS. The first-order valence-corrected chi connectivity index (χ1v) is 8.75. The minimum atomic E-state index is 0.337. The summed E-state index contributed by atoms with van der Waals surface area (Å²) in [4.78, 5) is 1.41. The van der Waals surface area contributed by atoms with E-state index in [9.17, 15) is 0 Å². The Morgan fingerprint density at radius 2 is 2.21 bits per heavy atom. The van der Waals surface area contributed by atoms with Crippen LogP contribution in [0.2, 0.25) is 5.02 Å². The van der Waals surface area contributed by atoms with Crippen molar-refractivity contribution >= 4 is 45.5 Å². The Morgan fingerprint density at radius 1 is 1.37 bits per heavy atom. The summed E-state index contributed by atoms with van der Waals surface area (Å²) in [5.41, 5.74) is 1.30. The molecule has 1 heterocycles. The van der Waals surface area contributed by atoms with Crippen molar-refractivity contribution in [3.8, 4) is 0 Å². The lowest BCUT2D eigenvalue weighted by Crippen LogP contribution is -2.24. The smallest absolute Gasteiger partial charge is 0.0410 e. The lowest BCUT2D eigenvalue weighted by atomic mass is 10.0. The highest BCUT2D eigenvalue weighted by Gasteiger charge is 2.15. The number of rotatable bonds is 6. The van der Waals surface area contributed by atoms with Gasteiger partial charge in [0.1, 0.15) is 0 Å². The normalized spacial score (nSPS) is 12.6. The van der Waals surface area contributed by atoms with Crippen molar-refractivity contribution in [2.24, 2.45) is 0 Å². The van der Waals surface area contributed by atoms with E-state index in [1.54, 1.807) is 0 Å². The SMILES string of the molecule is CCCNC(Cc1cccs1)c1cc(Cl)ccc1I. The van der Waals surface area contributed by atoms with Gasteiger partial charge in [-0.15, -0.1) is 11.3 Å². The predicted molar refractivity (Wildman–Crippen MR) is 93.2 cm³/mol. The molecule has 102 valence electrons. The molecule has 0 spiro atoms. The van der Waals surface area contributed by atoms with Crippen LogP contribution >= 0.6 is 45.5 Å². The van der Waals surface area contributed by atoms with Gasteiger partial charge in [-0.25, -0.2) is 0 Å². The van der Waals surface area contributed by atoms with Crippen LogP contribution in [0.5, 0.6) is 0 Å². The second-order valence-corrected chi connectivity index (χ2v) is 7.09. The molecule has 1 aromatic heterocycles. The summed E-state index contributed by atoms with van der Waals surface area (Å²) in [6.07, 6.45) is 2.16. The highest BCUT2D eigenvalue weighted by Crippen LogP contribution is 2.27. The van der Waals surface area contributed by atoms with Crippen molar-refractivity contribution in [3.63, 3.8) is 0 Å². The van der Waals surface area contributed by atoms with Gasteiger partial charge in [0.2, 0.25) is 0 Å². The summed E-state index contributed by atoms with van der Waals surface area (Å²) in [6.45, 7) is 3.22. The molecule has 0 aliphatic heterocycles. The highest BCUT2D eigenvalue weighted by atomic mass is 127. The molecule has 2 aromatic rings. The van der Waals surface area contributed by atoms with E-state index in [1.165, 1.54) is 14.0 Å². The highest BCUT2D eigenvalue weighted by molar-refractivity contribution is 14.1. The number of hydrogen-bond acceptors (Lipinski definition) is 2. The molecule has 0 fully saturated rings. The van der Waals surface area contributed by atoms with Crippen LogP contribution in [0.15, 0.2) is 35.7 Å². The molecule has 0 radical (unpaired) electrons. The van der Waals surface area contributed by atoms with Crippen molar-refractivity contribution < 1.29 is 0 Å². The summed E-state index contributed by atoms with van der Waals surface area (Å²) in [5.74, 6) is 0. The van der Waals surface area contributed by atoms with Crippen molar-refractivity contribution in [3.05, 3.63) is 54.7 Å². The molecule has 4 heteroatoms. The number of hydrogen-bond donors (Lipinski definition) is 1. The van der Waals surface area contributed by atoms with E-state index >= 15 is 0 Å². The Kier molecular flexibility index (Phi) is 6.13. The fourth-order valence-corrected chi connectivity index (χ4v) is 3.67. The predicted octanol–water partition coefficient (Wildman–Crippen LogP) is 5.29. The molecular weight excluding hydrogens is 389 g/mol. The molecule has 1 atom stereocenters. The Bertz CT molecular complexity index is 513. The van der Waals surface area contributed by atoms with Crippen LogP contribution in [0, 0.1) is 3.57 Å². The lowest BCUT2D eigenvalue weighted by molar-refractivity contribution is 0.530. The van der Waals surface area contributed by atoms with E-state index < -0.39 is 0 Å². The van der Waals surface area contributed by atoms with Gasteiger partial charge in [-0.05, 0) is 70.8 Å². The molecule has 1 unspecified atom stereocenters. The van der Waals surface area contributed by atoms with E-state index in [1.807, 2.05) is 17.4 Å². The third-order valence-electron chi connectivity index (χ3n) is 2.96. The van der Waals surface area contributed by atoms with Gasteiger partial charge >= 0.3 is 0 Å². The van der Waals surface area contributed by atoms with Crippen LogP contribution < -0.4 is 5.32 Å². The first-order valence-electron chi connectivity index (χ1n) is 6.41. The van der Waals surface area contributed by atoms with Crippen LogP contribution in [0.25, 0.3) is 0 Å². The molecule has 0 aliphatic carbocycles. The Labute approximate surface area is 137 Å². The Balaban J connectivity index is 2.23. The summed E-state index contributed by atoms with van der Waals surface area (Å²) in [7, 11) is 0. The average Bonchev–Trinajstić information content (AvgIpc) is 2.90. The second-order valence-electron chi connectivity index (χ2n) is 4.46. The fraction of sp³-hybridized carbons (Fsp3) is 0.333. The number of nitrogens with one attached hydrogen (secondary N) is 1. The molecule has 1 aromatic carbocycles. The van der Waals surface area contributed by atoms with Gasteiger partial charge in [0.15, 0.2) is 0 Å². The van der Waals surface area contributed by atoms with Gasteiger partial charge < -0.3 is 5.32 Å². The number of halogens is 2. The van der Waals surface area contributed by atoms with E-state index in [2.05, 4.69) is 64.5 Å². The topological polar surface area (TPSA) is 12.0 Å². The van der Waals surface area contributed by atoms with Crippen molar-refractivity contribution in [1.82, 2.24) is 5.32 Å². The number of benzene rings is 1. The lowest BCUT2D eigenvalue weighted by Gasteiger charge is -2.20. The molecule has 1 nitrogen and oxygen atoms in total. The monoisotopic (exact) mass is 405 g/mol. The van der Waals surface area contributed by atoms with E-state index in [0.29, 0.717) is 6.04 Å². The maximum atomic E-state index is 6.15. The molecule has 1 N–H and O–H groups in total. The fourth-order valence-electron chi connectivity index (χ4n) is 2.02. The summed E-state index contributed by atoms with van der Waals surface area (Å²) in [5, 5.41) is 6.58. The van der Waals surface area contributed by atoms with E-state index in [-0.39, 0.29) is 0 Å². The largest absolute Gasteiger partial charge is 0.310 e. The first kappa shape index (κ1) is 15.3. The zero-order valence-electron chi connectivity index (χ0n) is 10.8. The zero-order valence-corrected chi connectivity index (χ0v) is 14.6. The molecule has 0 saturated carbocycles. The summed E-state index contributed by atoms with van der Waals surface area (Å²) < 4.78 is 1.27. The molecule has 0 bridgehead atoms. The van der Waals surface area contributed by atoms with Gasteiger partial charge in [-0.3, -0.25) is 0 Å². The second kappa shape index (κ2) is 7.62. The van der Waals surface area contributed by atoms with E-state index in [4.69, 9.17) is 11.6 Å². The number of thiophene rings is 1. The van der Waals surface area contributed by atoms with Crippen LogP contribution in [0.4, 0.5) is 0 Å². The van der Waals surface area contributed by atoms with Crippen LogP contribution in [0.3, 0.4) is 0 Å². The third kappa shape index (κ3) is 4.45. The Morgan fingerprint density at radius 3 is 2.89 bits per heavy atom. The summed E-state index contributed by atoms with van der Waals surface area (Å²) in [6, 6.07) is 10.8. The van der Waals surface area contributed by atoms with Crippen LogP contribution in [-0.2, 0) is 6.42 Å². The third-order valence-corrected chi connectivity index (χ3v) is 5.08. The van der Waals surface area contributed by atoms with Crippen molar-refractivity contribution in [2.45, 2.75) is 25.8 Å². The maximum Gasteiger partial charge on any atom is 0.0410 e. The molecule has 2 rings (SSSR count). The van der Waals surface area contributed by atoms with Crippen LogP contribution in [-0.4, -0.2) is 6.54 Å². The molecule has 19 heavy (non-hydrogen) atoms. The van der Waals surface area contributed by atoms with Gasteiger partial charge in [0.05, 0.1) is 0 Å². The standard InChI is InChI=1S/C15H17ClINS/c1-2-7-18-15(10-12-4-3-8-19-12)13-9-11(16)5-6-14(13)17/h3-6,8-9,15,18H,2,7,10H2,1H3. The van der Waals surface area contributed by atoms with E-state index in [0.717, 1.165) is 24.4 Å². The molecule has 0 aliphatic rings. The van der Waals surface area contributed by atoms with Gasteiger partial charge in [0, 0.05) is 25.9 Å². The van der Waals surface area contributed by atoms with Gasteiger partial charge in [-0.2, -0.15) is 0 Å². The van der Waals surface area contributed by atoms with Gasteiger partial charge in [0.25, 0.3) is 0 Å².